The van der Waals surface area contributed by atoms with Crippen LogP contribution >= 0.6 is 0 Å². The van der Waals surface area contributed by atoms with E-state index in [0.29, 0.717) is 22.6 Å². The van der Waals surface area contributed by atoms with E-state index >= 15 is 0 Å². The maximum absolute atomic E-state index is 10.5. The van der Waals surface area contributed by atoms with Crippen LogP contribution in [-0.2, 0) is 11.4 Å². The second-order valence-corrected chi connectivity index (χ2v) is 4.96. The average molecular weight is 292 g/mol. The smallest absolute Gasteiger partial charge is 0.233 e. The largest absolute Gasteiger partial charge is 0.506 e. The van der Waals surface area contributed by atoms with Crippen LogP contribution in [0.3, 0.4) is 0 Å². The molecular formula is C18H14NO3. The molecule has 4 nitrogen and oxygen atoms in total. The minimum atomic E-state index is 0.150. The highest BCUT2D eigenvalue weighted by molar-refractivity contribution is 5.84. The fourth-order valence-corrected chi connectivity index (χ4v) is 2.33. The standard InChI is InChI=1S/C18H14NO3/c1-12-18(21)16(15-4-2-3-5-17(15)19-12)11-22-14-8-6-13(10-20)7-9-14/h2-9,21H,11H2,1H3. The van der Waals surface area contributed by atoms with Gasteiger partial charge in [0, 0.05) is 16.5 Å². The fraction of sp³-hybridized carbons (Fsp3) is 0.111. The van der Waals surface area contributed by atoms with Gasteiger partial charge in [-0.15, -0.1) is 0 Å². The molecule has 3 rings (SSSR count). The zero-order valence-corrected chi connectivity index (χ0v) is 12.0. The van der Waals surface area contributed by atoms with Crippen molar-refractivity contribution in [3.8, 4) is 11.5 Å². The van der Waals surface area contributed by atoms with Gasteiger partial charge in [0.15, 0.2) is 0 Å². The summed E-state index contributed by atoms with van der Waals surface area (Å²) in [6.07, 6.45) is 1.81. The van der Waals surface area contributed by atoms with Crippen LogP contribution in [0.2, 0.25) is 0 Å². The van der Waals surface area contributed by atoms with E-state index in [9.17, 15) is 9.90 Å². The molecule has 1 N–H and O–H groups in total. The van der Waals surface area contributed by atoms with Crippen LogP contribution in [0.5, 0.6) is 11.5 Å². The second-order valence-electron chi connectivity index (χ2n) is 4.96. The number of pyridine rings is 1. The van der Waals surface area contributed by atoms with Crippen molar-refractivity contribution in [2.75, 3.05) is 0 Å². The molecule has 0 atom stereocenters. The van der Waals surface area contributed by atoms with Crippen molar-refractivity contribution in [2.24, 2.45) is 0 Å². The first-order chi connectivity index (χ1) is 10.7. The zero-order valence-electron chi connectivity index (χ0n) is 12.0. The molecule has 1 heterocycles. The van der Waals surface area contributed by atoms with Crippen molar-refractivity contribution in [1.82, 2.24) is 4.98 Å². The van der Waals surface area contributed by atoms with Gasteiger partial charge in [0.1, 0.15) is 18.1 Å². The lowest BCUT2D eigenvalue weighted by Crippen LogP contribution is -2.00. The number of carbonyl (C=O) groups excluding carboxylic acids is 1. The van der Waals surface area contributed by atoms with Crippen LogP contribution in [0.15, 0.2) is 48.5 Å². The molecule has 0 bridgehead atoms. The van der Waals surface area contributed by atoms with Crippen LogP contribution in [0.1, 0.15) is 16.8 Å². The van der Waals surface area contributed by atoms with Crippen molar-refractivity contribution in [2.45, 2.75) is 13.5 Å². The molecule has 0 saturated heterocycles. The summed E-state index contributed by atoms with van der Waals surface area (Å²) in [6, 6.07) is 14.3. The first-order valence-corrected chi connectivity index (χ1v) is 6.87. The van der Waals surface area contributed by atoms with E-state index in [-0.39, 0.29) is 12.4 Å². The van der Waals surface area contributed by atoms with E-state index in [0.717, 1.165) is 10.9 Å². The Kier molecular flexibility index (Phi) is 3.74. The van der Waals surface area contributed by atoms with Gasteiger partial charge in [-0.25, -0.2) is 4.98 Å². The predicted molar refractivity (Wildman–Crippen MR) is 83.7 cm³/mol. The van der Waals surface area contributed by atoms with Gasteiger partial charge in [-0.1, -0.05) is 18.2 Å². The maximum atomic E-state index is 10.5. The highest BCUT2D eigenvalue weighted by atomic mass is 16.5. The van der Waals surface area contributed by atoms with E-state index in [1.165, 1.54) is 0 Å². The Morgan fingerprint density at radius 3 is 2.59 bits per heavy atom. The Labute approximate surface area is 128 Å². The van der Waals surface area contributed by atoms with Crippen molar-refractivity contribution < 1.29 is 14.6 Å². The summed E-state index contributed by atoms with van der Waals surface area (Å²) >= 11 is 0. The molecule has 0 aliphatic rings. The molecular weight excluding hydrogens is 278 g/mol. The molecule has 22 heavy (non-hydrogen) atoms. The molecule has 1 radical (unpaired) electrons. The van der Waals surface area contributed by atoms with Crippen molar-refractivity contribution >= 4 is 17.2 Å². The summed E-state index contributed by atoms with van der Waals surface area (Å²) in [5, 5.41) is 11.1. The van der Waals surface area contributed by atoms with E-state index in [2.05, 4.69) is 4.98 Å². The van der Waals surface area contributed by atoms with Gasteiger partial charge in [0.05, 0.1) is 11.2 Å². The van der Waals surface area contributed by atoms with Crippen molar-refractivity contribution in [3.63, 3.8) is 0 Å². The monoisotopic (exact) mass is 292 g/mol. The normalized spacial score (nSPS) is 10.6. The minimum absolute atomic E-state index is 0.150. The van der Waals surface area contributed by atoms with Crippen LogP contribution in [0, 0.1) is 6.92 Å². The van der Waals surface area contributed by atoms with Gasteiger partial charge >= 0.3 is 0 Å². The SMILES string of the molecule is Cc1nc2ccccc2c(COc2ccc([C]=O)cc2)c1O. The Balaban J connectivity index is 1.92. The first kappa shape index (κ1) is 14.1. The Bertz CT molecular complexity index is 826. The van der Waals surface area contributed by atoms with Gasteiger partial charge < -0.3 is 9.84 Å². The lowest BCUT2D eigenvalue weighted by molar-refractivity contribution is 0.300. The molecule has 2 aromatic carbocycles. The number of hydrogen-bond donors (Lipinski definition) is 1. The zero-order chi connectivity index (χ0) is 15.5. The number of fused-ring (bicyclic) bond motifs is 1. The third kappa shape index (κ3) is 2.63. The number of nitrogens with zero attached hydrogens (tertiary/aromatic N) is 1. The Morgan fingerprint density at radius 2 is 1.86 bits per heavy atom. The predicted octanol–water partition coefficient (Wildman–Crippen LogP) is 3.29. The van der Waals surface area contributed by atoms with E-state index in [4.69, 9.17) is 4.74 Å². The molecule has 0 saturated carbocycles. The van der Waals surface area contributed by atoms with Crippen LogP contribution in [-0.4, -0.2) is 16.4 Å². The summed E-state index contributed by atoms with van der Waals surface area (Å²) < 4.78 is 5.72. The number of aromatic nitrogens is 1. The molecule has 4 heteroatoms. The fourth-order valence-electron chi connectivity index (χ4n) is 2.33. The number of hydrogen-bond acceptors (Lipinski definition) is 4. The van der Waals surface area contributed by atoms with Gasteiger partial charge in [0.2, 0.25) is 6.29 Å². The molecule has 0 aliphatic carbocycles. The Morgan fingerprint density at radius 1 is 1.14 bits per heavy atom. The maximum Gasteiger partial charge on any atom is 0.233 e. The Hall–Kier alpha value is -2.88. The summed E-state index contributed by atoms with van der Waals surface area (Å²) in [5.41, 5.74) is 2.57. The van der Waals surface area contributed by atoms with E-state index in [1.807, 2.05) is 30.6 Å². The quantitative estimate of drug-likeness (QED) is 0.801. The summed E-state index contributed by atoms with van der Waals surface area (Å²) in [4.78, 5) is 14.9. The van der Waals surface area contributed by atoms with Crippen LogP contribution in [0.25, 0.3) is 10.9 Å². The third-order valence-electron chi connectivity index (χ3n) is 3.50. The average Bonchev–Trinajstić information content (AvgIpc) is 2.56. The molecule has 3 aromatic rings. The minimum Gasteiger partial charge on any atom is -0.506 e. The van der Waals surface area contributed by atoms with Crippen LogP contribution < -0.4 is 4.74 Å². The van der Waals surface area contributed by atoms with Gasteiger partial charge in [-0.3, -0.25) is 4.79 Å². The van der Waals surface area contributed by atoms with Crippen molar-refractivity contribution in [3.05, 3.63) is 65.4 Å². The number of para-hydroxylation sites is 1. The topological polar surface area (TPSA) is 59.4 Å². The molecule has 1 aromatic heterocycles. The number of ether oxygens (including phenoxy) is 1. The van der Waals surface area contributed by atoms with Gasteiger partial charge in [-0.05, 0) is 37.3 Å². The summed E-state index contributed by atoms with van der Waals surface area (Å²) in [7, 11) is 0. The number of benzene rings is 2. The molecule has 109 valence electrons. The third-order valence-corrected chi connectivity index (χ3v) is 3.50. The molecule has 0 amide bonds. The van der Waals surface area contributed by atoms with Gasteiger partial charge in [-0.2, -0.15) is 0 Å². The molecule has 0 fully saturated rings. The lowest BCUT2D eigenvalue weighted by atomic mass is 10.1. The number of aromatic hydroxyl groups is 1. The molecule has 0 spiro atoms. The molecule has 0 aliphatic heterocycles. The molecule has 0 unspecified atom stereocenters. The lowest BCUT2D eigenvalue weighted by Gasteiger charge is -2.12. The summed E-state index contributed by atoms with van der Waals surface area (Å²) in [5.74, 6) is 0.772. The van der Waals surface area contributed by atoms with E-state index in [1.54, 1.807) is 31.2 Å². The van der Waals surface area contributed by atoms with Crippen LogP contribution in [0.4, 0.5) is 0 Å². The van der Waals surface area contributed by atoms with Crippen molar-refractivity contribution in [1.29, 1.82) is 0 Å². The highest BCUT2D eigenvalue weighted by Gasteiger charge is 2.12. The number of aryl methyl sites for hydroxylation is 1. The van der Waals surface area contributed by atoms with Gasteiger partial charge in [0.25, 0.3) is 0 Å². The highest BCUT2D eigenvalue weighted by Crippen LogP contribution is 2.29. The first-order valence-electron chi connectivity index (χ1n) is 6.87. The second kappa shape index (κ2) is 5.85. The van der Waals surface area contributed by atoms with E-state index < -0.39 is 0 Å². The summed E-state index contributed by atoms with van der Waals surface area (Å²) in [6.45, 7) is 1.99. The number of rotatable bonds is 4.